The monoisotopic (exact) mass is 457 g/mol. The number of unbranched alkanes of at least 4 members (excludes halogenated alkanes) is 2. The highest BCUT2D eigenvalue weighted by atomic mass is 16.3. The van der Waals surface area contributed by atoms with Gasteiger partial charge in [0.15, 0.2) is 5.58 Å². The second-order valence-corrected chi connectivity index (χ2v) is 8.77. The first-order valence-electron chi connectivity index (χ1n) is 11.7. The molecule has 0 saturated carbocycles. The molecule has 0 spiro atoms. The number of anilines is 1. The lowest BCUT2D eigenvalue weighted by Gasteiger charge is -2.33. The van der Waals surface area contributed by atoms with E-state index in [0.717, 1.165) is 51.3 Å². The first kappa shape index (κ1) is 22.0. The van der Waals surface area contributed by atoms with Crippen molar-refractivity contribution in [3.05, 3.63) is 46.6 Å². The van der Waals surface area contributed by atoms with Crippen molar-refractivity contribution in [3.63, 3.8) is 0 Å². The molecule has 9 nitrogen and oxygen atoms in total. The zero-order valence-corrected chi connectivity index (χ0v) is 19.5. The summed E-state index contributed by atoms with van der Waals surface area (Å²) in [7, 11) is 2.12. The third kappa shape index (κ3) is 4.01. The van der Waals surface area contributed by atoms with Gasteiger partial charge in [-0.15, -0.1) is 0 Å². The fourth-order valence-corrected chi connectivity index (χ4v) is 4.43. The van der Waals surface area contributed by atoms with Crippen LogP contribution in [0.5, 0.6) is 0 Å². The lowest BCUT2D eigenvalue weighted by Crippen LogP contribution is -2.44. The number of fused-ring (bicyclic) bond motifs is 3. The maximum absolute atomic E-state index is 13.2. The number of aromatic nitrogens is 4. The second-order valence-electron chi connectivity index (χ2n) is 8.77. The molecule has 5 heterocycles. The smallest absolute Gasteiger partial charge is 0.348 e. The molecule has 0 aliphatic carbocycles. The van der Waals surface area contributed by atoms with E-state index >= 15 is 0 Å². The van der Waals surface area contributed by atoms with Crippen molar-refractivity contribution in [2.75, 3.05) is 38.1 Å². The molecule has 0 unspecified atom stereocenters. The minimum absolute atomic E-state index is 0.341. The molecule has 4 aromatic rings. The molecule has 1 aliphatic rings. The largest absolute Gasteiger partial charge is 0.434 e. The molecule has 0 radical (unpaired) electrons. The number of hydrogen-bond acceptors (Lipinski definition) is 8. The normalized spacial score (nSPS) is 14.7. The molecule has 0 atom stereocenters. The lowest BCUT2D eigenvalue weighted by molar-refractivity contribution is 0.312. The van der Waals surface area contributed by atoms with E-state index in [4.69, 9.17) is 4.42 Å². The molecule has 0 aromatic carbocycles. The molecule has 1 fully saturated rings. The summed E-state index contributed by atoms with van der Waals surface area (Å²) in [6.07, 6.45) is 6.12. The van der Waals surface area contributed by atoms with Gasteiger partial charge in [0, 0.05) is 50.7 Å². The quantitative estimate of drug-likeness (QED) is 0.406. The predicted molar refractivity (Wildman–Crippen MR) is 131 cm³/mol. The topological polar surface area (TPSA) is 104 Å². The van der Waals surface area contributed by atoms with Crippen molar-refractivity contribution >= 4 is 28.0 Å². The Morgan fingerprint density at radius 2 is 1.94 bits per heavy atom. The first-order valence-corrected chi connectivity index (χ1v) is 11.7. The van der Waals surface area contributed by atoms with Gasteiger partial charge in [-0.2, -0.15) is 10.2 Å². The van der Waals surface area contributed by atoms with Crippen molar-refractivity contribution < 1.29 is 4.42 Å². The highest BCUT2D eigenvalue weighted by Gasteiger charge is 2.21. The van der Waals surface area contributed by atoms with Gasteiger partial charge in [-0.25, -0.2) is 14.8 Å². The van der Waals surface area contributed by atoms with Crippen LogP contribution in [0, 0.1) is 11.3 Å². The third-order valence-electron chi connectivity index (χ3n) is 6.41. The maximum atomic E-state index is 13.2. The third-order valence-corrected chi connectivity index (χ3v) is 6.41. The molecular formula is C25H27N7O2. The Bertz CT molecular complexity index is 1420. The average molecular weight is 458 g/mol. The van der Waals surface area contributed by atoms with Gasteiger partial charge in [0.2, 0.25) is 5.71 Å². The number of nitrogens with zero attached hydrogens (tertiary/aromatic N) is 7. The summed E-state index contributed by atoms with van der Waals surface area (Å²) in [4.78, 5) is 31.1. The number of hydrogen-bond donors (Lipinski definition) is 0. The molecule has 34 heavy (non-hydrogen) atoms. The van der Waals surface area contributed by atoms with Crippen LogP contribution >= 0.6 is 0 Å². The van der Waals surface area contributed by atoms with Crippen molar-refractivity contribution in [1.82, 2.24) is 24.4 Å². The van der Waals surface area contributed by atoms with E-state index in [0.29, 0.717) is 45.6 Å². The van der Waals surface area contributed by atoms with Crippen LogP contribution < -0.4 is 10.6 Å². The minimum Gasteiger partial charge on any atom is -0.434 e. The summed E-state index contributed by atoms with van der Waals surface area (Å²) in [6, 6.07) is 7.75. The van der Waals surface area contributed by atoms with Gasteiger partial charge in [-0.3, -0.25) is 4.57 Å². The molecule has 5 rings (SSSR count). The van der Waals surface area contributed by atoms with Crippen LogP contribution in [0.25, 0.3) is 33.5 Å². The summed E-state index contributed by atoms with van der Waals surface area (Å²) in [5.74, 6) is 0.908. The molecule has 4 aromatic heterocycles. The Morgan fingerprint density at radius 1 is 1.12 bits per heavy atom. The lowest BCUT2D eigenvalue weighted by atomic mass is 10.1. The highest BCUT2D eigenvalue weighted by Crippen LogP contribution is 2.33. The average Bonchev–Trinajstić information content (AvgIpc) is 3.24. The Hall–Kier alpha value is -3.77. The van der Waals surface area contributed by atoms with E-state index in [9.17, 15) is 10.1 Å². The van der Waals surface area contributed by atoms with Crippen LogP contribution in [0.2, 0.25) is 0 Å². The van der Waals surface area contributed by atoms with E-state index < -0.39 is 0 Å². The molecule has 0 N–H and O–H groups in total. The van der Waals surface area contributed by atoms with Gasteiger partial charge < -0.3 is 14.2 Å². The van der Waals surface area contributed by atoms with Crippen molar-refractivity contribution in [3.8, 4) is 17.3 Å². The SMILES string of the molecule is CCCCCn1c(=O)nc(-c2ccc(N3CCN(C)CC3)nc2)c2oc3ncc(C#N)cc3c21. The number of nitriles is 1. The zero-order valence-electron chi connectivity index (χ0n) is 19.5. The van der Waals surface area contributed by atoms with Gasteiger partial charge in [-0.05, 0) is 31.7 Å². The molecule has 174 valence electrons. The van der Waals surface area contributed by atoms with Crippen LogP contribution in [0.1, 0.15) is 31.7 Å². The van der Waals surface area contributed by atoms with Crippen LogP contribution in [0.4, 0.5) is 5.82 Å². The van der Waals surface area contributed by atoms with E-state index in [1.165, 1.54) is 6.20 Å². The number of furan rings is 1. The molecule has 0 bridgehead atoms. The Morgan fingerprint density at radius 3 is 2.65 bits per heavy atom. The molecular weight excluding hydrogens is 430 g/mol. The van der Waals surface area contributed by atoms with E-state index in [1.54, 1.807) is 16.8 Å². The van der Waals surface area contributed by atoms with Gasteiger partial charge in [0.1, 0.15) is 23.1 Å². The van der Waals surface area contributed by atoms with E-state index in [2.05, 4.69) is 44.8 Å². The minimum atomic E-state index is -0.341. The summed E-state index contributed by atoms with van der Waals surface area (Å²) in [5.41, 5.74) is 2.73. The number of aryl methyl sites for hydroxylation is 1. The summed E-state index contributed by atoms with van der Waals surface area (Å²) in [5, 5.41) is 10.0. The Balaban J connectivity index is 1.62. The first-order chi connectivity index (χ1) is 16.6. The summed E-state index contributed by atoms with van der Waals surface area (Å²) < 4.78 is 7.76. The highest BCUT2D eigenvalue weighted by molar-refractivity contribution is 6.05. The number of pyridine rings is 2. The van der Waals surface area contributed by atoms with Gasteiger partial charge in [0.05, 0.1) is 10.9 Å². The fourth-order valence-electron chi connectivity index (χ4n) is 4.43. The van der Waals surface area contributed by atoms with Crippen molar-refractivity contribution in [1.29, 1.82) is 5.26 Å². The van der Waals surface area contributed by atoms with Crippen LogP contribution in [0.15, 0.2) is 39.8 Å². The fraction of sp³-hybridized carbons (Fsp3) is 0.400. The van der Waals surface area contributed by atoms with Crippen LogP contribution in [0.3, 0.4) is 0 Å². The van der Waals surface area contributed by atoms with Gasteiger partial charge >= 0.3 is 5.69 Å². The molecule has 1 aliphatic heterocycles. The molecule has 0 amide bonds. The molecule has 1 saturated heterocycles. The Kier molecular flexibility index (Phi) is 5.99. The summed E-state index contributed by atoms with van der Waals surface area (Å²) >= 11 is 0. The van der Waals surface area contributed by atoms with Gasteiger partial charge in [-0.1, -0.05) is 19.8 Å². The Labute approximate surface area is 197 Å². The van der Waals surface area contributed by atoms with E-state index in [1.807, 2.05) is 12.1 Å². The zero-order chi connectivity index (χ0) is 23.7. The van der Waals surface area contributed by atoms with E-state index in [-0.39, 0.29) is 5.69 Å². The number of rotatable bonds is 6. The van der Waals surface area contributed by atoms with Crippen LogP contribution in [-0.4, -0.2) is 57.6 Å². The van der Waals surface area contributed by atoms with Crippen LogP contribution in [-0.2, 0) is 6.54 Å². The summed E-state index contributed by atoms with van der Waals surface area (Å²) in [6.45, 7) is 6.50. The van der Waals surface area contributed by atoms with Crippen molar-refractivity contribution in [2.24, 2.45) is 0 Å². The molecule has 9 heteroatoms. The van der Waals surface area contributed by atoms with Crippen molar-refractivity contribution in [2.45, 2.75) is 32.7 Å². The van der Waals surface area contributed by atoms with Gasteiger partial charge in [0.25, 0.3) is 0 Å². The number of likely N-dealkylation sites (N-methyl/N-ethyl adjacent to an activating group) is 1. The number of piperazine rings is 1. The maximum Gasteiger partial charge on any atom is 0.348 e. The standard InChI is InChI=1S/C25H27N7O2/c1-3-4-5-8-32-22-19-13-17(14-26)15-28-24(19)34-23(22)21(29-25(32)33)18-6-7-20(27-16-18)31-11-9-30(2)10-12-31/h6-7,13,15-16H,3-5,8-12H2,1-2H3. The second kappa shape index (κ2) is 9.23. The predicted octanol–water partition coefficient (Wildman–Crippen LogP) is 3.41.